The molecule has 0 fully saturated rings. The van der Waals surface area contributed by atoms with Gasteiger partial charge in [0.2, 0.25) is 0 Å². The molecule has 0 bridgehead atoms. The molecule has 1 unspecified atom stereocenters. The smallest absolute Gasteiger partial charge is 0.317 e. The maximum absolute atomic E-state index is 10.8. The van der Waals surface area contributed by atoms with Crippen LogP contribution in [0.4, 0.5) is 0 Å². The van der Waals surface area contributed by atoms with Gasteiger partial charge in [0.25, 0.3) is 0 Å². The molecule has 0 aliphatic rings. The van der Waals surface area contributed by atoms with Crippen molar-refractivity contribution in [2.75, 3.05) is 7.11 Å². The molecule has 0 aromatic heterocycles. The first-order valence-corrected chi connectivity index (χ1v) is 3.15. The highest BCUT2D eigenvalue weighted by molar-refractivity contribution is 5.97. The lowest BCUT2D eigenvalue weighted by molar-refractivity contribution is -0.148. The van der Waals surface area contributed by atoms with Crippen molar-refractivity contribution in [3.63, 3.8) is 0 Å². The van der Waals surface area contributed by atoms with Crippen LogP contribution in [0.25, 0.3) is 0 Å². The Balaban J connectivity index is 4.24. The van der Waals surface area contributed by atoms with Crippen molar-refractivity contribution in [3.8, 4) is 12.3 Å². The normalized spacial score (nSPS) is 11.4. The molecule has 0 amide bonds. The Morgan fingerprint density at radius 2 is 2.18 bits per heavy atom. The summed E-state index contributed by atoms with van der Waals surface area (Å²) >= 11 is 0. The minimum absolute atomic E-state index is 0.113. The molecule has 3 nitrogen and oxygen atoms in total. The van der Waals surface area contributed by atoms with Gasteiger partial charge in [0.1, 0.15) is 11.7 Å². The summed E-state index contributed by atoms with van der Waals surface area (Å²) in [5, 5.41) is 0. The number of methoxy groups -OCH3 is 1. The largest absolute Gasteiger partial charge is 0.468 e. The van der Waals surface area contributed by atoms with Crippen molar-refractivity contribution in [2.24, 2.45) is 5.92 Å². The van der Waals surface area contributed by atoms with E-state index in [4.69, 9.17) is 6.42 Å². The third-order valence-electron chi connectivity index (χ3n) is 1.30. The Kier molecular flexibility index (Phi) is 3.97. The van der Waals surface area contributed by atoms with E-state index in [1.165, 1.54) is 14.0 Å². The lowest BCUT2D eigenvalue weighted by atomic mass is 10.0. The summed E-state index contributed by atoms with van der Waals surface area (Å²) in [6.07, 6.45) is 5.06. The highest BCUT2D eigenvalue weighted by Gasteiger charge is 2.22. The van der Waals surface area contributed by atoms with E-state index in [9.17, 15) is 9.59 Å². The minimum atomic E-state index is -0.787. The van der Waals surface area contributed by atoms with Crippen LogP contribution < -0.4 is 0 Å². The fraction of sp³-hybridized carbons (Fsp3) is 0.500. The number of carbonyl (C=O) groups is 2. The van der Waals surface area contributed by atoms with Crippen LogP contribution in [0.5, 0.6) is 0 Å². The van der Waals surface area contributed by atoms with Crippen molar-refractivity contribution in [3.05, 3.63) is 0 Å². The van der Waals surface area contributed by atoms with E-state index in [0.29, 0.717) is 0 Å². The average molecular weight is 154 g/mol. The molecule has 3 heteroatoms. The van der Waals surface area contributed by atoms with Gasteiger partial charge in [0, 0.05) is 6.42 Å². The van der Waals surface area contributed by atoms with Crippen molar-refractivity contribution < 1.29 is 14.3 Å². The summed E-state index contributed by atoms with van der Waals surface area (Å²) in [6, 6.07) is 0. The van der Waals surface area contributed by atoms with Gasteiger partial charge < -0.3 is 4.74 Å². The standard InChI is InChI=1S/C8H10O3/c1-4-5-7(6(2)9)8(10)11-3/h1,7H,5H2,2-3H3. The maximum Gasteiger partial charge on any atom is 0.317 e. The van der Waals surface area contributed by atoms with E-state index in [1.807, 2.05) is 0 Å². The molecule has 0 radical (unpaired) electrons. The summed E-state index contributed by atoms with van der Waals surface area (Å²) in [6.45, 7) is 1.32. The van der Waals surface area contributed by atoms with Crippen molar-refractivity contribution >= 4 is 11.8 Å². The molecule has 0 N–H and O–H groups in total. The van der Waals surface area contributed by atoms with Crippen LogP contribution in [0.2, 0.25) is 0 Å². The first-order valence-electron chi connectivity index (χ1n) is 3.15. The van der Waals surface area contributed by atoms with Gasteiger partial charge in [-0.3, -0.25) is 9.59 Å². The maximum atomic E-state index is 10.8. The van der Waals surface area contributed by atoms with E-state index < -0.39 is 11.9 Å². The van der Waals surface area contributed by atoms with E-state index in [0.717, 1.165) is 0 Å². The summed E-state index contributed by atoms with van der Waals surface area (Å²) in [4.78, 5) is 21.5. The number of terminal acetylenes is 1. The van der Waals surface area contributed by atoms with Gasteiger partial charge in [-0.1, -0.05) is 0 Å². The van der Waals surface area contributed by atoms with Gasteiger partial charge in [-0.25, -0.2) is 0 Å². The van der Waals surface area contributed by atoms with Gasteiger partial charge in [-0.2, -0.15) is 0 Å². The minimum Gasteiger partial charge on any atom is -0.468 e. The lowest BCUT2D eigenvalue weighted by Gasteiger charge is -2.06. The molecule has 0 saturated carbocycles. The Morgan fingerprint density at radius 1 is 1.64 bits per heavy atom. The number of carbonyl (C=O) groups excluding carboxylic acids is 2. The molecule has 0 aromatic rings. The molecule has 1 atom stereocenters. The number of esters is 1. The summed E-state index contributed by atoms with van der Waals surface area (Å²) < 4.78 is 4.37. The number of hydrogen-bond acceptors (Lipinski definition) is 3. The zero-order chi connectivity index (χ0) is 8.85. The van der Waals surface area contributed by atoms with Gasteiger partial charge in [0.15, 0.2) is 0 Å². The van der Waals surface area contributed by atoms with Gasteiger partial charge in [-0.05, 0) is 6.92 Å². The molecule has 0 heterocycles. The fourth-order valence-corrected chi connectivity index (χ4v) is 0.653. The predicted molar refractivity (Wildman–Crippen MR) is 39.6 cm³/mol. The van der Waals surface area contributed by atoms with Crippen LogP contribution in [0, 0.1) is 18.3 Å². The average Bonchev–Trinajstić information content (AvgIpc) is 1.98. The first kappa shape index (κ1) is 9.70. The molecule has 0 rings (SSSR count). The quantitative estimate of drug-likeness (QED) is 0.335. The molecule has 0 saturated heterocycles. The van der Waals surface area contributed by atoms with Crippen LogP contribution in [0.15, 0.2) is 0 Å². The van der Waals surface area contributed by atoms with Crippen LogP contribution in [-0.4, -0.2) is 18.9 Å². The first-order chi connectivity index (χ1) is 5.13. The van der Waals surface area contributed by atoms with Crippen molar-refractivity contribution in [2.45, 2.75) is 13.3 Å². The zero-order valence-electron chi connectivity index (χ0n) is 6.59. The van der Waals surface area contributed by atoms with Crippen LogP contribution >= 0.6 is 0 Å². The molecule has 0 aromatic carbocycles. The molecular weight excluding hydrogens is 144 g/mol. The molecule has 11 heavy (non-hydrogen) atoms. The number of ketones is 1. The summed E-state index contributed by atoms with van der Waals surface area (Å²) in [5.74, 6) is 0.641. The molecule has 0 aliphatic carbocycles. The summed E-state index contributed by atoms with van der Waals surface area (Å²) in [7, 11) is 1.23. The third kappa shape index (κ3) is 2.85. The second kappa shape index (κ2) is 4.51. The lowest BCUT2D eigenvalue weighted by Crippen LogP contribution is -2.22. The second-order valence-corrected chi connectivity index (χ2v) is 2.09. The van der Waals surface area contributed by atoms with Gasteiger partial charge in [-0.15, -0.1) is 12.3 Å². The fourth-order valence-electron chi connectivity index (χ4n) is 0.653. The second-order valence-electron chi connectivity index (χ2n) is 2.09. The molecule has 0 aliphatic heterocycles. The predicted octanol–water partition coefficient (Wildman–Crippen LogP) is 0.388. The van der Waals surface area contributed by atoms with Gasteiger partial charge >= 0.3 is 5.97 Å². The highest BCUT2D eigenvalue weighted by Crippen LogP contribution is 2.05. The van der Waals surface area contributed by atoms with Crippen LogP contribution in [0.1, 0.15) is 13.3 Å². The SMILES string of the molecule is C#CCC(C(C)=O)C(=O)OC. The van der Waals surface area contributed by atoms with E-state index in [-0.39, 0.29) is 12.2 Å². The van der Waals surface area contributed by atoms with Crippen molar-refractivity contribution in [1.82, 2.24) is 0 Å². The molecule has 0 spiro atoms. The molecular formula is C8H10O3. The number of rotatable bonds is 3. The summed E-state index contributed by atoms with van der Waals surface area (Å²) in [5.41, 5.74) is 0. The Labute approximate surface area is 65.7 Å². The monoisotopic (exact) mass is 154 g/mol. The van der Waals surface area contributed by atoms with E-state index in [2.05, 4.69) is 10.7 Å². The Hall–Kier alpha value is -1.30. The zero-order valence-corrected chi connectivity index (χ0v) is 6.59. The van der Waals surface area contributed by atoms with Crippen molar-refractivity contribution in [1.29, 1.82) is 0 Å². The Morgan fingerprint density at radius 3 is 2.45 bits per heavy atom. The number of hydrogen-bond donors (Lipinski definition) is 0. The number of Topliss-reactive ketones (excluding diaryl/α,β-unsaturated/α-hetero) is 1. The topological polar surface area (TPSA) is 43.4 Å². The van der Waals surface area contributed by atoms with E-state index in [1.54, 1.807) is 0 Å². The van der Waals surface area contributed by atoms with Crippen LogP contribution in [0.3, 0.4) is 0 Å². The Bertz CT molecular complexity index is 200. The molecule has 60 valence electrons. The van der Waals surface area contributed by atoms with E-state index >= 15 is 0 Å². The highest BCUT2D eigenvalue weighted by atomic mass is 16.5. The number of ether oxygens (including phenoxy) is 1. The third-order valence-corrected chi connectivity index (χ3v) is 1.30. The van der Waals surface area contributed by atoms with Crippen LogP contribution in [-0.2, 0) is 14.3 Å². The van der Waals surface area contributed by atoms with Gasteiger partial charge in [0.05, 0.1) is 7.11 Å².